The molecule has 1 amide bonds. The fraction of sp³-hybridized carbons (Fsp3) is 0.500. The molecule has 1 heterocycles. The molecule has 0 spiro atoms. The molecule has 118 valence electrons. The van der Waals surface area contributed by atoms with Gasteiger partial charge >= 0.3 is 6.18 Å². The van der Waals surface area contributed by atoms with Gasteiger partial charge < -0.3 is 10.6 Å². The summed E-state index contributed by atoms with van der Waals surface area (Å²) in [5.41, 5.74) is -0.598. The maximum Gasteiger partial charge on any atom is 0.416 e. The predicted molar refractivity (Wildman–Crippen MR) is 76.1 cm³/mol. The Kier molecular flexibility index (Phi) is 6.48. The van der Waals surface area contributed by atoms with Crippen molar-refractivity contribution in [3.8, 4) is 0 Å². The zero-order valence-corrected chi connectivity index (χ0v) is 12.2. The van der Waals surface area contributed by atoms with Crippen molar-refractivity contribution in [2.24, 2.45) is 5.92 Å². The summed E-state index contributed by atoms with van der Waals surface area (Å²) in [6.45, 7) is 1.39. The van der Waals surface area contributed by atoms with Gasteiger partial charge in [0.15, 0.2) is 0 Å². The lowest BCUT2D eigenvalue weighted by Crippen LogP contribution is -2.40. The molecule has 7 heteroatoms. The molecule has 2 rings (SSSR count). The van der Waals surface area contributed by atoms with Crippen LogP contribution >= 0.6 is 12.4 Å². The zero-order valence-electron chi connectivity index (χ0n) is 11.4. The Morgan fingerprint density at radius 1 is 1.33 bits per heavy atom. The van der Waals surface area contributed by atoms with Gasteiger partial charge in [0.05, 0.1) is 11.5 Å². The fourth-order valence-corrected chi connectivity index (χ4v) is 2.35. The summed E-state index contributed by atoms with van der Waals surface area (Å²) in [6.07, 6.45) is -2.70. The molecule has 0 saturated carbocycles. The number of piperidine rings is 1. The van der Waals surface area contributed by atoms with Crippen molar-refractivity contribution in [2.75, 3.05) is 13.1 Å². The highest BCUT2D eigenvalue weighted by Gasteiger charge is 2.33. The first kappa shape index (κ1) is 17.8. The molecule has 1 fully saturated rings. The molecule has 0 aromatic heterocycles. The van der Waals surface area contributed by atoms with E-state index in [1.54, 1.807) is 6.07 Å². The zero-order chi connectivity index (χ0) is 14.6. The molecule has 1 saturated heterocycles. The molecule has 1 aliphatic rings. The molecule has 1 aromatic carbocycles. The standard InChI is InChI=1S/C14H17F3N2O.ClH/c15-14(16,17)12-6-2-1-4-10(12)9-19-13(20)11-5-3-7-18-8-11;/h1-2,4,6,11,18H,3,5,7-9H2,(H,19,20);1H/t11-;/m1./s1. The number of rotatable bonds is 3. The fourth-order valence-electron chi connectivity index (χ4n) is 2.35. The second-order valence-electron chi connectivity index (χ2n) is 4.92. The number of hydrogen-bond donors (Lipinski definition) is 2. The van der Waals surface area contributed by atoms with E-state index in [1.807, 2.05) is 0 Å². The topological polar surface area (TPSA) is 41.1 Å². The number of carbonyl (C=O) groups is 1. The minimum Gasteiger partial charge on any atom is -0.352 e. The molecule has 0 bridgehead atoms. The summed E-state index contributed by atoms with van der Waals surface area (Å²) >= 11 is 0. The largest absolute Gasteiger partial charge is 0.416 e. The summed E-state index contributed by atoms with van der Waals surface area (Å²) in [4.78, 5) is 11.9. The summed E-state index contributed by atoms with van der Waals surface area (Å²) in [5, 5.41) is 5.71. The van der Waals surface area contributed by atoms with Crippen LogP contribution in [0.1, 0.15) is 24.0 Å². The molecule has 0 aliphatic carbocycles. The molecular formula is C14H18ClF3N2O. The lowest BCUT2D eigenvalue weighted by atomic mass is 9.98. The number of alkyl halides is 3. The first-order valence-electron chi connectivity index (χ1n) is 6.62. The van der Waals surface area contributed by atoms with Crippen molar-refractivity contribution in [3.05, 3.63) is 35.4 Å². The predicted octanol–water partition coefficient (Wildman–Crippen LogP) is 2.74. The minimum atomic E-state index is -4.40. The first-order chi connectivity index (χ1) is 9.48. The van der Waals surface area contributed by atoms with Gasteiger partial charge in [-0.25, -0.2) is 0 Å². The minimum absolute atomic E-state index is 0. The van der Waals surface area contributed by atoms with E-state index in [-0.39, 0.29) is 36.3 Å². The number of hydrogen-bond acceptors (Lipinski definition) is 2. The Labute approximate surface area is 127 Å². The Bertz CT molecular complexity index is 474. The van der Waals surface area contributed by atoms with E-state index in [0.717, 1.165) is 25.5 Å². The van der Waals surface area contributed by atoms with Crippen molar-refractivity contribution >= 4 is 18.3 Å². The Hall–Kier alpha value is -1.27. The van der Waals surface area contributed by atoms with E-state index in [4.69, 9.17) is 0 Å². The van der Waals surface area contributed by atoms with E-state index in [2.05, 4.69) is 10.6 Å². The molecule has 3 nitrogen and oxygen atoms in total. The van der Waals surface area contributed by atoms with Crippen molar-refractivity contribution in [2.45, 2.75) is 25.6 Å². The van der Waals surface area contributed by atoms with Gasteiger partial charge in [-0.3, -0.25) is 4.79 Å². The summed E-state index contributed by atoms with van der Waals surface area (Å²) in [7, 11) is 0. The summed E-state index contributed by atoms with van der Waals surface area (Å²) in [6, 6.07) is 5.31. The summed E-state index contributed by atoms with van der Waals surface area (Å²) in [5.74, 6) is -0.337. The molecule has 1 atom stereocenters. The third-order valence-corrected chi connectivity index (χ3v) is 3.44. The average molecular weight is 323 g/mol. The number of carbonyl (C=O) groups excluding carboxylic acids is 1. The van der Waals surface area contributed by atoms with Crippen LogP contribution in [-0.2, 0) is 17.5 Å². The maximum atomic E-state index is 12.8. The molecular weight excluding hydrogens is 305 g/mol. The van der Waals surface area contributed by atoms with E-state index in [9.17, 15) is 18.0 Å². The molecule has 21 heavy (non-hydrogen) atoms. The molecule has 1 aliphatic heterocycles. The monoisotopic (exact) mass is 322 g/mol. The van der Waals surface area contributed by atoms with Crippen molar-refractivity contribution < 1.29 is 18.0 Å². The number of benzene rings is 1. The van der Waals surface area contributed by atoms with Gasteiger partial charge in [0.25, 0.3) is 0 Å². The Morgan fingerprint density at radius 2 is 2.05 bits per heavy atom. The van der Waals surface area contributed by atoms with Crippen LogP contribution in [0.5, 0.6) is 0 Å². The van der Waals surface area contributed by atoms with Crippen molar-refractivity contribution in [1.29, 1.82) is 0 Å². The van der Waals surface area contributed by atoms with Crippen LogP contribution in [0.15, 0.2) is 24.3 Å². The number of halogens is 4. The quantitative estimate of drug-likeness (QED) is 0.898. The maximum absolute atomic E-state index is 12.8. The van der Waals surface area contributed by atoms with Crippen molar-refractivity contribution in [1.82, 2.24) is 10.6 Å². The molecule has 2 N–H and O–H groups in total. The van der Waals surface area contributed by atoms with Gasteiger partial charge in [-0.05, 0) is 31.0 Å². The third kappa shape index (κ3) is 4.89. The van der Waals surface area contributed by atoms with E-state index >= 15 is 0 Å². The van der Waals surface area contributed by atoms with Crippen LogP contribution in [-0.4, -0.2) is 19.0 Å². The van der Waals surface area contributed by atoms with Crippen LogP contribution in [0.4, 0.5) is 13.2 Å². The lowest BCUT2D eigenvalue weighted by Gasteiger charge is -2.22. The second-order valence-corrected chi connectivity index (χ2v) is 4.92. The van der Waals surface area contributed by atoms with E-state index < -0.39 is 11.7 Å². The van der Waals surface area contributed by atoms with Gasteiger partial charge in [-0.2, -0.15) is 13.2 Å². The number of amides is 1. The van der Waals surface area contributed by atoms with Gasteiger partial charge in [0, 0.05) is 13.1 Å². The smallest absolute Gasteiger partial charge is 0.352 e. The van der Waals surface area contributed by atoms with Gasteiger partial charge in [0.1, 0.15) is 0 Å². The van der Waals surface area contributed by atoms with E-state index in [1.165, 1.54) is 12.1 Å². The second kappa shape index (κ2) is 7.66. The van der Waals surface area contributed by atoms with Crippen LogP contribution in [0, 0.1) is 5.92 Å². The highest BCUT2D eigenvalue weighted by molar-refractivity contribution is 5.85. The van der Waals surface area contributed by atoms with Gasteiger partial charge in [-0.1, -0.05) is 18.2 Å². The molecule has 0 unspecified atom stereocenters. The average Bonchev–Trinajstić information content (AvgIpc) is 2.45. The van der Waals surface area contributed by atoms with Crippen LogP contribution in [0.2, 0.25) is 0 Å². The Morgan fingerprint density at radius 3 is 2.67 bits per heavy atom. The number of nitrogens with one attached hydrogen (secondary N) is 2. The van der Waals surface area contributed by atoms with Crippen LogP contribution in [0.25, 0.3) is 0 Å². The van der Waals surface area contributed by atoms with Crippen molar-refractivity contribution in [3.63, 3.8) is 0 Å². The Balaban J connectivity index is 0.00000220. The third-order valence-electron chi connectivity index (χ3n) is 3.44. The SMILES string of the molecule is Cl.O=C(NCc1ccccc1C(F)(F)F)[C@@H]1CCCNC1. The normalized spacial score (nSPS) is 18.7. The van der Waals surface area contributed by atoms with E-state index in [0.29, 0.717) is 6.54 Å². The highest BCUT2D eigenvalue weighted by atomic mass is 35.5. The van der Waals surface area contributed by atoms with Crippen LogP contribution in [0.3, 0.4) is 0 Å². The highest BCUT2D eigenvalue weighted by Crippen LogP contribution is 2.31. The summed E-state index contributed by atoms with van der Waals surface area (Å²) < 4.78 is 38.4. The lowest BCUT2D eigenvalue weighted by molar-refractivity contribution is -0.138. The first-order valence-corrected chi connectivity index (χ1v) is 6.62. The molecule has 0 radical (unpaired) electrons. The van der Waals surface area contributed by atoms with Crippen LogP contribution < -0.4 is 10.6 Å². The van der Waals surface area contributed by atoms with Gasteiger partial charge in [0.2, 0.25) is 5.91 Å². The molecule has 1 aromatic rings. The van der Waals surface area contributed by atoms with Gasteiger partial charge in [-0.15, -0.1) is 12.4 Å².